The number of carbonyl (C=O) groups is 3. The van der Waals surface area contributed by atoms with Gasteiger partial charge in [0.2, 0.25) is 5.91 Å². The molecule has 1 heterocycles. The molecule has 1 aliphatic rings. The van der Waals surface area contributed by atoms with Crippen LogP contribution < -0.4 is 20.1 Å². The highest BCUT2D eigenvalue weighted by molar-refractivity contribution is 8.00. The number of para-hydroxylation sites is 1. The quantitative estimate of drug-likeness (QED) is 0.493. The Balaban J connectivity index is 1.55. The second kappa shape index (κ2) is 13.1. The molecule has 0 bridgehead atoms. The van der Waals surface area contributed by atoms with Crippen molar-refractivity contribution in [1.82, 2.24) is 10.0 Å². The summed E-state index contributed by atoms with van der Waals surface area (Å²) < 4.78 is 10.5. The van der Waals surface area contributed by atoms with Crippen molar-refractivity contribution in [3.63, 3.8) is 0 Å². The maximum absolute atomic E-state index is 13.1. The van der Waals surface area contributed by atoms with E-state index < -0.39 is 0 Å². The summed E-state index contributed by atoms with van der Waals surface area (Å²) in [5.74, 6) is 0.792. The molecule has 194 valence electrons. The molecule has 0 saturated carbocycles. The Morgan fingerprint density at radius 2 is 1.61 bits per heavy atom. The van der Waals surface area contributed by atoms with Crippen molar-refractivity contribution in [2.45, 2.75) is 33.1 Å². The second-order valence-electron chi connectivity index (χ2n) is 8.19. The maximum Gasteiger partial charge on any atom is 0.340 e. The molecular weight excluding hydrogens is 480 g/mol. The van der Waals surface area contributed by atoms with Crippen molar-refractivity contribution in [1.29, 1.82) is 0 Å². The van der Waals surface area contributed by atoms with E-state index in [9.17, 15) is 14.4 Å². The van der Waals surface area contributed by atoms with Crippen molar-refractivity contribution in [2.75, 3.05) is 49.4 Å². The van der Waals surface area contributed by atoms with Crippen LogP contribution in [0.1, 0.15) is 31.4 Å². The number of nitrogens with one attached hydrogen (secondary N) is 2. The summed E-state index contributed by atoms with van der Waals surface area (Å²) >= 11 is 1.20. The van der Waals surface area contributed by atoms with Crippen molar-refractivity contribution in [3.8, 4) is 11.5 Å². The van der Waals surface area contributed by atoms with E-state index in [1.165, 1.54) is 28.9 Å². The lowest BCUT2D eigenvalue weighted by Crippen LogP contribution is -2.47. The van der Waals surface area contributed by atoms with Crippen molar-refractivity contribution >= 4 is 41.0 Å². The van der Waals surface area contributed by atoms with Crippen LogP contribution >= 0.6 is 11.8 Å². The van der Waals surface area contributed by atoms with E-state index in [4.69, 9.17) is 9.47 Å². The van der Waals surface area contributed by atoms with Crippen molar-refractivity contribution < 1.29 is 23.9 Å². The molecule has 2 N–H and O–H groups in total. The van der Waals surface area contributed by atoms with Gasteiger partial charge in [0, 0.05) is 24.8 Å². The van der Waals surface area contributed by atoms with E-state index in [1.807, 2.05) is 32.0 Å². The number of aryl methyl sites for hydroxylation is 2. The molecule has 2 aromatic rings. The first-order valence-corrected chi connectivity index (χ1v) is 13.2. The molecular formula is C26H34N4O5S. The normalized spacial score (nSPS) is 12.9. The fourth-order valence-electron chi connectivity index (χ4n) is 4.06. The van der Waals surface area contributed by atoms with E-state index in [0.717, 1.165) is 29.7 Å². The number of anilines is 2. The summed E-state index contributed by atoms with van der Waals surface area (Å²) in [6.07, 6.45) is 2.30. The Morgan fingerprint density at radius 1 is 0.917 bits per heavy atom. The average Bonchev–Trinajstić information content (AvgIpc) is 3.39. The topological polar surface area (TPSA) is 100 Å². The Hall–Kier alpha value is -3.40. The van der Waals surface area contributed by atoms with Gasteiger partial charge in [-0.2, -0.15) is 0 Å². The molecule has 0 radical (unpaired) electrons. The van der Waals surface area contributed by atoms with Crippen molar-refractivity contribution in [2.24, 2.45) is 0 Å². The molecule has 1 saturated heterocycles. The highest BCUT2D eigenvalue weighted by Crippen LogP contribution is 2.29. The SMILES string of the molecule is CCc1cccc(CC)c1NC(=O)N1CCCN1C(=O)CSCC(=O)Nc1cc(OC)ccc1OC. The number of nitrogens with zero attached hydrogens (tertiary/aromatic N) is 2. The van der Waals surface area contributed by atoms with Gasteiger partial charge in [0.1, 0.15) is 11.5 Å². The predicted molar refractivity (Wildman–Crippen MR) is 143 cm³/mol. The first kappa shape index (κ1) is 27.2. The zero-order valence-electron chi connectivity index (χ0n) is 21.3. The van der Waals surface area contributed by atoms with Crippen LogP contribution in [-0.4, -0.2) is 66.7 Å². The fourth-order valence-corrected chi connectivity index (χ4v) is 4.74. The van der Waals surface area contributed by atoms with Gasteiger partial charge >= 0.3 is 6.03 Å². The van der Waals surface area contributed by atoms with Crippen LogP contribution in [0.3, 0.4) is 0 Å². The molecule has 9 nitrogen and oxygen atoms in total. The van der Waals surface area contributed by atoms with Gasteiger partial charge < -0.3 is 20.1 Å². The Bertz CT molecular complexity index is 1070. The van der Waals surface area contributed by atoms with Crippen LogP contribution in [0.2, 0.25) is 0 Å². The zero-order valence-corrected chi connectivity index (χ0v) is 22.1. The number of hydrogen-bond donors (Lipinski definition) is 2. The number of benzene rings is 2. The van der Waals surface area contributed by atoms with Gasteiger partial charge in [-0.15, -0.1) is 11.8 Å². The van der Waals surface area contributed by atoms with Gasteiger partial charge in [-0.3, -0.25) is 9.59 Å². The molecule has 4 amide bonds. The molecule has 10 heteroatoms. The summed E-state index contributed by atoms with van der Waals surface area (Å²) in [7, 11) is 3.06. The van der Waals surface area contributed by atoms with E-state index in [0.29, 0.717) is 36.7 Å². The van der Waals surface area contributed by atoms with Gasteiger partial charge in [-0.25, -0.2) is 14.8 Å². The summed E-state index contributed by atoms with van der Waals surface area (Å²) in [6.45, 7) is 5.03. The number of carbonyl (C=O) groups excluding carboxylic acids is 3. The number of rotatable bonds is 10. The summed E-state index contributed by atoms with van der Waals surface area (Å²) in [5.41, 5.74) is 3.45. The molecule has 3 rings (SSSR count). The first-order valence-electron chi connectivity index (χ1n) is 12.0. The first-order chi connectivity index (χ1) is 17.4. The van der Waals surface area contributed by atoms with Crippen molar-refractivity contribution in [3.05, 3.63) is 47.5 Å². The van der Waals surface area contributed by atoms with Gasteiger partial charge in [0.15, 0.2) is 0 Å². The van der Waals surface area contributed by atoms with Crippen LogP contribution in [0.25, 0.3) is 0 Å². The number of hydrazine groups is 1. The highest BCUT2D eigenvalue weighted by Gasteiger charge is 2.31. The third-order valence-electron chi connectivity index (χ3n) is 5.92. The lowest BCUT2D eigenvalue weighted by atomic mass is 10.0. The molecule has 1 fully saturated rings. The number of ether oxygens (including phenoxy) is 2. The lowest BCUT2D eigenvalue weighted by Gasteiger charge is -2.28. The summed E-state index contributed by atoms with van der Waals surface area (Å²) in [4.78, 5) is 38.4. The van der Waals surface area contributed by atoms with Gasteiger partial charge in [-0.1, -0.05) is 32.0 Å². The largest absolute Gasteiger partial charge is 0.497 e. The molecule has 2 aromatic carbocycles. The minimum absolute atomic E-state index is 0.0792. The molecule has 1 aliphatic heterocycles. The minimum Gasteiger partial charge on any atom is -0.497 e. The second-order valence-corrected chi connectivity index (χ2v) is 9.17. The monoisotopic (exact) mass is 514 g/mol. The van der Waals surface area contributed by atoms with E-state index in [1.54, 1.807) is 25.3 Å². The van der Waals surface area contributed by atoms with Crippen LogP contribution in [0.4, 0.5) is 16.2 Å². The number of amides is 4. The minimum atomic E-state index is -0.315. The molecule has 0 atom stereocenters. The van der Waals surface area contributed by atoms with Crippen LogP contribution in [-0.2, 0) is 22.4 Å². The number of methoxy groups -OCH3 is 2. The smallest absolute Gasteiger partial charge is 0.340 e. The summed E-state index contributed by atoms with van der Waals surface area (Å²) in [5, 5.41) is 8.77. The predicted octanol–water partition coefficient (Wildman–Crippen LogP) is 4.18. The Labute approximate surface area is 216 Å². The zero-order chi connectivity index (χ0) is 26.1. The maximum atomic E-state index is 13.1. The third kappa shape index (κ3) is 6.63. The fraction of sp³-hybridized carbons (Fsp3) is 0.423. The van der Waals surface area contributed by atoms with Gasteiger partial charge in [-0.05, 0) is 42.5 Å². The number of urea groups is 1. The highest BCUT2D eigenvalue weighted by atomic mass is 32.2. The molecule has 0 aromatic heterocycles. The van der Waals surface area contributed by atoms with E-state index in [-0.39, 0.29) is 29.4 Å². The van der Waals surface area contributed by atoms with Crippen LogP contribution in [0.15, 0.2) is 36.4 Å². The van der Waals surface area contributed by atoms with Gasteiger partial charge in [0.05, 0.1) is 31.4 Å². The standard InChI is InChI=1S/C26H34N4O5S/c1-5-18-9-7-10-19(6-2)25(18)28-26(33)30-14-8-13-29(30)24(32)17-36-16-23(31)27-21-15-20(34-3)11-12-22(21)35-4/h7,9-12,15H,5-6,8,13-14,16-17H2,1-4H3,(H,27,31)(H,28,33). The average molecular weight is 515 g/mol. The molecule has 0 unspecified atom stereocenters. The van der Waals surface area contributed by atoms with Crippen LogP contribution in [0.5, 0.6) is 11.5 Å². The lowest BCUT2D eigenvalue weighted by molar-refractivity contribution is -0.136. The number of hydrogen-bond acceptors (Lipinski definition) is 6. The molecule has 36 heavy (non-hydrogen) atoms. The Morgan fingerprint density at radius 3 is 2.25 bits per heavy atom. The van der Waals surface area contributed by atoms with Gasteiger partial charge in [0.25, 0.3) is 5.91 Å². The van der Waals surface area contributed by atoms with Crippen LogP contribution in [0, 0.1) is 0 Å². The molecule has 0 spiro atoms. The third-order valence-corrected chi connectivity index (χ3v) is 6.84. The van der Waals surface area contributed by atoms with E-state index in [2.05, 4.69) is 10.6 Å². The molecule has 0 aliphatic carbocycles. The number of thioether (sulfide) groups is 1. The summed E-state index contributed by atoms with van der Waals surface area (Å²) in [6, 6.07) is 10.8. The van der Waals surface area contributed by atoms with E-state index >= 15 is 0 Å². The Kier molecular flexibility index (Phi) is 9.86.